The number of nitrogens with one attached hydrogen (secondary N) is 1. The minimum Gasteiger partial charge on any atom is -0.480 e. The van der Waals surface area contributed by atoms with E-state index in [1.807, 2.05) is 0 Å². The summed E-state index contributed by atoms with van der Waals surface area (Å²) >= 11 is 0. The largest absolute Gasteiger partial charge is 0.480 e. The smallest absolute Gasteiger partial charge is 0.323 e. The lowest BCUT2D eigenvalue weighted by Gasteiger charge is -2.27. The van der Waals surface area contributed by atoms with Gasteiger partial charge in [0.25, 0.3) is 0 Å². The van der Waals surface area contributed by atoms with Gasteiger partial charge in [-0.05, 0) is 45.2 Å². The Labute approximate surface area is 103 Å². The number of carbonyl (C=O) groups is 1. The summed E-state index contributed by atoms with van der Waals surface area (Å²) in [6, 6.07) is 0.468. The van der Waals surface area contributed by atoms with Crippen LogP contribution in [-0.4, -0.2) is 47.7 Å². The molecule has 4 heteroatoms. The van der Waals surface area contributed by atoms with Gasteiger partial charge in [-0.15, -0.1) is 0 Å². The van der Waals surface area contributed by atoms with Crippen molar-refractivity contribution in [3.05, 3.63) is 0 Å². The lowest BCUT2D eigenvalue weighted by molar-refractivity contribution is -0.144. The number of nitrogens with zero attached hydrogens (tertiary/aromatic N) is 1. The van der Waals surface area contributed by atoms with Crippen LogP contribution in [-0.2, 0) is 4.79 Å². The highest BCUT2D eigenvalue weighted by Crippen LogP contribution is 2.35. The maximum Gasteiger partial charge on any atom is 0.323 e. The molecule has 0 spiro atoms. The van der Waals surface area contributed by atoms with E-state index < -0.39 is 11.5 Å². The third-order valence-corrected chi connectivity index (χ3v) is 4.79. The van der Waals surface area contributed by atoms with Gasteiger partial charge in [0.1, 0.15) is 5.54 Å². The standard InChI is InChI=1S/C13H24N2O2/c1-3-10-5-7-15(9-10)11-4-6-13(8-11,14-2)12(16)17/h10-11,14H,3-9H2,1-2H3,(H,16,17). The van der Waals surface area contributed by atoms with Gasteiger partial charge in [0.15, 0.2) is 0 Å². The van der Waals surface area contributed by atoms with Gasteiger partial charge in [-0.1, -0.05) is 13.3 Å². The SMILES string of the molecule is CCC1CCN(C2CCC(NC)(C(=O)O)C2)C1. The molecule has 2 aliphatic rings. The first kappa shape index (κ1) is 12.8. The first-order valence-corrected chi connectivity index (χ1v) is 6.77. The van der Waals surface area contributed by atoms with Crippen molar-refractivity contribution >= 4 is 5.97 Å². The summed E-state index contributed by atoms with van der Waals surface area (Å²) in [5.41, 5.74) is -0.672. The van der Waals surface area contributed by atoms with E-state index in [9.17, 15) is 9.90 Å². The molecule has 1 aliphatic heterocycles. The Morgan fingerprint density at radius 1 is 1.53 bits per heavy atom. The highest BCUT2D eigenvalue weighted by molar-refractivity contribution is 5.79. The van der Waals surface area contributed by atoms with Gasteiger partial charge < -0.3 is 15.3 Å². The van der Waals surface area contributed by atoms with Crippen molar-refractivity contribution in [1.29, 1.82) is 0 Å². The average molecular weight is 240 g/mol. The second-order valence-electron chi connectivity index (χ2n) is 5.59. The van der Waals surface area contributed by atoms with Crippen LogP contribution >= 0.6 is 0 Å². The molecule has 1 heterocycles. The second-order valence-corrected chi connectivity index (χ2v) is 5.59. The van der Waals surface area contributed by atoms with Gasteiger partial charge in [-0.25, -0.2) is 0 Å². The predicted molar refractivity (Wildman–Crippen MR) is 67.0 cm³/mol. The molecule has 17 heavy (non-hydrogen) atoms. The zero-order valence-corrected chi connectivity index (χ0v) is 10.9. The number of hydrogen-bond donors (Lipinski definition) is 2. The van der Waals surface area contributed by atoms with E-state index in [-0.39, 0.29) is 0 Å². The molecule has 0 aromatic rings. The van der Waals surface area contributed by atoms with E-state index >= 15 is 0 Å². The van der Waals surface area contributed by atoms with E-state index in [2.05, 4.69) is 17.1 Å². The molecule has 0 radical (unpaired) electrons. The molecule has 0 aromatic heterocycles. The molecular formula is C13H24N2O2. The minimum absolute atomic E-state index is 0.468. The summed E-state index contributed by atoms with van der Waals surface area (Å²) in [5, 5.41) is 12.4. The van der Waals surface area contributed by atoms with E-state index in [0.717, 1.165) is 31.7 Å². The number of carboxylic acid groups (broad SMARTS) is 1. The van der Waals surface area contributed by atoms with E-state index in [4.69, 9.17) is 0 Å². The Bertz CT molecular complexity index is 295. The number of rotatable bonds is 4. The quantitative estimate of drug-likeness (QED) is 0.778. The first-order valence-electron chi connectivity index (χ1n) is 6.77. The Morgan fingerprint density at radius 3 is 2.76 bits per heavy atom. The van der Waals surface area contributed by atoms with Gasteiger partial charge in [0.2, 0.25) is 0 Å². The van der Waals surface area contributed by atoms with Crippen molar-refractivity contribution in [2.24, 2.45) is 5.92 Å². The van der Waals surface area contributed by atoms with Crippen molar-refractivity contribution < 1.29 is 9.90 Å². The first-order chi connectivity index (χ1) is 8.11. The molecule has 2 rings (SSSR count). The molecular weight excluding hydrogens is 216 g/mol. The maximum atomic E-state index is 11.4. The molecule has 1 saturated heterocycles. The summed E-state index contributed by atoms with van der Waals surface area (Å²) < 4.78 is 0. The van der Waals surface area contributed by atoms with Gasteiger partial charge in [-0.3, -0.25) is 4.79 Å². The van der Waals surface area contributed by atoms with E-state index in [1.54, 1.807) is 7.05 Å². The van der Waals surface area contributed by atoms with Crippen LogP contribution in [0.5, 0.6) is 0 Å². The highest BCUT2D eigenvalue weighted by atomic mass is 16.4. The summed E-state index contributed by atoms with van der Waals surface area (Å²) in [4.78, 5) is 13.9. The lowest BCUT2D eigenvalue weighted by Crippen LogP contribution is -2.49. The summed E-state index contributed by atoms with van der Waals surface area (Å²) in [7, 11) is 1.77. The van der Waals surface area contributed by atoms with Crippen molar-refractivity contribution in [1.82, 2.24) is 10.2 Å². The van der Waals surface area contributed by atoms with Crippen molar-refractivity contribution in [3.8, 4) is 0 Å². The molecule has 1 aliphatic carbocycles. The van der Waals surface area contributed by atoms with E-state index in [1.165, 1.54) is 19.4 Å². The molecule has 1 saturated carbocycles. The Morgan fingerprint density at radius 2 is 2.29 bits per heavy atom. The third-order valence-electron chi connectivity index (χ3n) is 4.79. The zero-order valence-electron chi connectivity index (χ0n) is 10.9. The molecule has 0 amide bonds. The average Bonchev–Trinajstić information content (AvgIpc) is 2.96. The molecule has 0 aromatic carbocycles. The fourth-order valence-electron chi connectivity index (χ4n) is 3.39. The minimum atomic E-state index is -0.686. The van der Waals surface area contributed by atoms with E-state index in [0.29, 0.717) is 6.04 Å². The van der Waals surface area contributed by atoms with Gasteiger partial charge in [-0.2, -0.15) is 0 Å². The molecule has 4 nitrogen and oxygen atoms in total. The third kappa shape index (κ3) is 2.33. The highest BCUT2D eigenvalue weighted by Gasteiger charge is 2.46. The number of hydrogen-bond acceptors (Lipinski definition) is 3. The predicted octanol–water partition coefficient (Wildman–Crippen LogP) is 1.31. The summed E-state index contributed by atoms with van der Waals surface area (Å²) in [6.45, 7) is 4.57. The monoisotopic (exact) mass is 240 g/mol. The van der Waals surface area contributed by atoms with Gasteiger partial charge >= 0.3 is 5.97 Å². The summed E-state index contributed by atoms with van der Waals surface area (Å²) in [6.07, 6.45) is 5.07. The number of carboxylic acids is 1. The van der Waals surface area contributed by atoms with Crippen LogP contribution in [0.4, 0.5) is 0 Å². The topological polar surface area (TPSA) is 52.6 Å². The summed E-state index contributed by atoms with van der Waals surface area (Å²) in [5.74, 6) is 0.137. The number of likely N-dealkylation sites (tertiary alicyclic amines) is 1. The van der Waals surface area contributed by atoms with Crippen molar-refractivity contribution in [3.63, 3.8) is 0 Å². The number of aliphatic carboxylic acids is 1. The number of likely N-dealkylation sites (N-methyl/N-ethyl adjacent to an activating group) is 1. The maximum absolute atomic E-state index is 11.4. The Kier molecular flexibility index (Phi) is 3.73. The van der Waals surface area contributed by atoms with Crippen LogP contribution in [0, 0.1) is 5.92 Å². The lowest BCUT2D eigenvalue weighted by atomic mass is 9.98. The van der Waals surface area contributed by atoms with Crippen LogP contribution in [0.2, 0.25) is 0 Å². The van der Waals surface area contributed by atoms with Crippen LogP contribution in [0.15, 0.2) is 0 Å². The van der Waals surface area contributed by atoms with Crippen LogP contribution in [0.25, 0.3) is 0 Å². The zero-order chi connectivity index (χ0) is 12.5. The van der Waals surface area contributed by atoms with Crippen LogP contribution < -0.4 is 5.32 Å². The van der Waals surface area contributed by atoms with Crippen LogP contribution in [0.1, 0.15) is 39.0 Å². The van der Waals surface area contributed by atoms with Gasteiger partial charge in [0.05, 0.1) is 0 Å². The molecule has 2 fully saturated rings. The molecule has 0 bridgehead atoms. The Balaban J connectivity index is 1.96. The van der Waals surface area contributed by atoms with Crippen LogP contribution in [0.3, 0.4) is 0 Å². The molecule has 3 atom stereocenters. The fraction of sp³-hybridized carbons (Fsp3) is 0.923. The molecule has 2 N–H and O–H groups in total. The second kappa shape index (κ2) is 4.94. The Hall–Kier alpha value is -0.610. The van der Waals surface area contributed by atoms with Gasteiger partial charge in [0, 0.05) is 12.6 Å². The fourth-order valence-corrected chi connectivity index (χ4v) is 3.39. The van der Waals surface area contributed by atoms with Crippen molar-refractivity contribution in [2.75, 3.05) is 20.1 Å². The normalized spacial score (nSPS) is 38.7. The van der Waals surface area contributed by atoms with Crippen molar-refractivity contribution in [2.45, 2.75) is 50.6 Å². The molecule has 98 valence electrons. The molecule has 3 unspecified atom stereocenters.